The first-order chi connectivity index (χ1) is 8.16. The molecule has 1 heterocycles. The fourth-order valence-electron chi connectivity index (χ4n) is 1.77. The summed E-state index contributed by atoms with van der Waals surface area (Å²) < 4.78 is 0. The number of nitrogen functional groups attached to an aromatic ring is 1. The van der Waals surface area contributed by atoms with Crippen LogP contribution in [0.2, 0.25) is 0 Å². The van der Waals surface area contributed by atoms with Gasteiger partial charge in [0.2, 0.25) is 0 Å². The van der Waals surface area contributed by atoms with E-state index in [0.29, 0.717) is 11.7 Å². The molecule has 0 aliphatic rings. The number of nitrogens with two attached hydrogens (primary N) is 1. The van der Waals surface area contributed by atoms with Crippen LogP contribution in [0.5, 0.6) is 0 Å². The van der Waals surface area contributed by atoms with Gasteiger partial charge in [-0.15, -0.1) is 0 Å². The number of nitrogens with zero attached hydrogens (tertiary/aromatic N) is 1. The molecule has 0 saturated heterocycles. The Morgan fingerprint density at radius 3 is 2.53 bits per heavy atom. The van der Waals surface area contributed by atoms with Crippen LogP contribution in [0, 0.1) is 0 Å². The highest BCUT2D eigenvalue weighted by Gasteiger charge is 2.06. The first kappa shape index (κ1) is 11.5. The predicted molar refractivity (Wildman–Crippen MR) is 72.5 cm³/mol. The minimum Gasteiger partial charge on any atom is -0.384 e. The van der Waals surface area contributed by atoms with E-state index >= 15 is 0 Å². The normalized spacial score (nSPS) is 10.5. The summed E-state index contributed by atoms with van der Waals surface area (Å²) in [6, 6.07) is 13.8. The number of nitrogens with one attached hydrogen (secondary N) is 1. The average molecular weight is 227 g/mol. The van der Waals surface area contributed by atoms with Crippen molar-refractivity contribution < 1.29 is 0 Å². The molecule has 0 radical (unpaired) electrons. The monoisotopic (exact) mass is 227 g/mol. The van der Waals surface area contributed by atoms with Gasteiger partial charge in [-0.05, 0) is 29.7 Å². The van der Waals surface area contributed by atoms with E-state index in [1.807, 2.05) is 24.3 Å². The molecule has 0 atom stereocenters. The van der Waals surface area contributed by atoms with Crippen LogP contribution >= 0.6 is 0 Å². The number of aromatic nitrogens is 1. The molecule has 0 spiro atoms. The second kappa shape index (κ2) is 4.87. The van der Waals surface area contributed by atoms with E-state index in [2.05, 4.69) is 36.3 Å². The number of hydrogen-bond acceptors (Lipinski definition) is 3. The second-order valence-corrected chi connectivity index (χ2v) is 4.31. The highest BCUT2D eigenvalue weighted by atomic mass is 15.0. The average Bonchev–Trinajstić information content (AvgIpc) is 2.29. The van der Waals surface area contributed by atoms with Crippen molar-refractivity contribution in [1.82, 2.24) is 4.98 Å². The van der Waals surface area contributed by atoms with Gasteiger partial charge in [0.05, 0.1) is 0 Å². The Bertz CT molecular complexity index is 506. The lowest BCUT2D eigenvalue weighted by atomic mass is 10.0. The molecular weight excluding hydrogens is 210 g/mol. The summed E-state index contributed by atoms with van der Waals surface area (Å²) in [6.45, 7) is 4.35. The number of benzene rings is 1. The summed E-state index contributed by atoms with van der Waals surface area (Å²) in [5.74, 6) is 1.77. The molecule has 88 valence electrons. The van der Waals surface area contributed by atoms with Gasteiger partial charge < -0.3 is 11.1 Å². The van der Waals surface area contributed by atoms with Crippen LogP contribution in [0.1, 0.15) is 25.3 Å². The number of pyridine rings is 1. The minimum atomic E-state index is 0.472. The Kier molecular flexibility index (Phi) is 3.28. The summed E-state index contributed by atoms with van der Waals surface area (Å²) in [5.41, 5.74) is 8.02. The van der Waals surface area contributed by atoms with Gasteiger partial charge in [0.1, 0.15) is 11.6 Å². The zero-order valence-corrected chi connectivity index (χ0v) is 10.1. The Morgan fingerprint density at radius 2 is 1.82 bits per heavy atom. The Balaban J connectivity index is 2.30. The largest absolute Gasteiger partial charge is 0.384 e. The van der Waals surface area contributed by atoms with Gasteiger partial charge in [0.15, 0.2) is 0 Å². The van der Waals surface area contributed by atoms with Crippen molar-refractivity contribution in [3.05, 3.63) is 48.0 Å². The smallest absolute Gasteiger partial charge is 0.132 e. The SMILES string of the molecule is CC(C)c1ccccc1Nc1cccc(N)n1. The molecule has 0 unspecified atom stereocenters. The molecule has 0 fully saturated rings. The second-order valence-electron chi connectivity index (χ2n) is 4.31. The van der Waals surface area contributed by atoms with E-state index < -0.39 is 0 Å². The lowest BCUT2D eigenvalue weighted by Gasteiger charge is -2.14. The molecule has 2 rings (SSSR count). The Hall–Kier alpha value is -2.03. The lowest BCUT2D eigenvalue weighted by Crippen LogP contribution is -2.00. The van der Waals surface area contributed by atoms with Crippen molar-refractivity contribution in [1.29, 1.82) is 0 Å². The zero-order valence-electron chi connectivity index (χ0n) is 10.1. The van der Waals surface area contributed by atoms with Crippen molar-refractivity contribution in [2.45, 2.75) is 19.8 Å². The molecule has 0 bridgehead atoms. The molecule has 3 heteroatoms. The van der Waals surface area contributed by atoms with Gasteiger partial charge in [-0.2, -0.15) is 0 Å². The van der Waals surface area contributed by atoms with Crippen LogP contribution in [0.25, 0.3) is 0 Å². The maximum Gasteiger partial charge on any atom is 0.132 e. The van der Waals surface area contributed by atoms with Gasteiger partial charge in [0.25, 0.3) is 0 Å². The van der Waals surface area contributed by atoms with Crippen molar-refractivity contribution >= 4 is 17.3 Å². The van der Waals surface area contributed by atoms with Gasteiger partial charge >= 0.3 is 0 Å². The molecule has 0 amide bonds. The summed E-state index contributed by atoms with van der Waals surface area (Å²) in [4.78, 5) is 4.24. The highest BCUT2D eigenvalue weighted by molar-refractivity contribution is 5.62. The van der Waals surface area contributed by atoms with E-state index in [4.69, 9.17) is 5.73 Å². The first-order valence-corrected chi connectivity index (χ1v) is 5.75. The minimum absolute atomic E-state index is 0.472. The number of anilines is 3. The first-order valence-electron chi connectivity index (χ1n) is 5.75. The van der Waals surface area contributed by atoms with Crippen molar-refractivity contribution in [3.63, 3.8) is 0 Å². The number of para-hydroxylation sites is 1. The van der Waals surface area contributed by atoms with Crippen LogP contribution < -0.4 is 11.1 Å². The van der Waals surface area contributed by atoms with Crippen molar-refractivity contribution in [3.8, 4) is 0 Å². The molecule has 0 aliphatic heterocycles. The maximum absolute atomic E-state index is 5.66. The predicted octanol–water partition coefficient (Wildman–Crippen LogP) is 3.53. The van der Waals surface area contributed by atoms with Crippen LogP contribution in [0.15, 0.2) is 42.5 Å². The molecule has 1 aromatic heterocycles. The van der Waals surface area contributed by atoms with Crippen LogP contribution in [-0.4, -0.2) is 4.98 Å². The summed E-state index contributed by atoms with van der Waals surface area (Å²) in [7, 11) is 0. The van der Waals surface area contributed by atoms with Gasteiger partial charge in [-0.1, -0.05) is 38.1 Å². The number of rotatable bonds is 3. The molecule has 2 aromatic rings. The molecule has 1 aromatic carbocycles. The summed E-state index contributed by atoms with van der Waals surface area (Å²) in [6.07, 6.45) is 0. The van der Waals surface area contributed by atoms with Crippen LogP contribution in [0.3, 0.4) is 0 Å². The van der Waals surface area contributed by atoms with E-state index in [-0.39, 0.29) is 0 Å². The van der Waals surface area contributed by atoms with Gasteiger partial charge in [0, 0.05) is 5.69 Å². The van der Waals surface area contributed by atoms with Crippen molar-refractivity contribution in [2.24, 2.45) is 0 Å². The summed E-state index contributed by atoms with van der Waals surface area (Å²) >= 11 is 0. The molecule has 17 heavy (non-hydrogen) atoms. The van der Waals surface area contributed by atoms with Crippen LogP contribution in [-0.2, 0) is 0 Å². The maximum atomic E-state index is 5.66. The third-order valence-corrected chi connectivity index (χ3v) is 2.62. The third kappa shape index (κ3) is 2.75. The summed E-state index contributed by atoms with van der Waals surface area (Å²) in [5, 5.41) is 3.30. The highest BCUT2D eigenvalue weighted by Crippen LogP contribution is 2.26. The standard InChI is InChI=1S/C14H17N3/c1-10(2)11-6-3-4-7-12(11)16-14-9-5-8-13(15)17-14/h3-10H,1-2H3,(H3,15,16,17). The van der Waals surface area contributed by atoms with Gasteiger partial charge in [-0.25, -0.2) is 4.98 Å². The Morgan fingerprint density at radius 1 is 1.06 bits per heavy atom. The fourth-order valence-corrected chi connectivity index (χ4v) is 1.77. The van der Waals surface area contributed by atoms with Crippen LogP contribution in [0.4, 0.5) is 17.3 Å². The van der Waals surface area contributed by atoms with E-state index in [1.54, 1.807) is 6.07 Å². The third-order valence-electron chi connectivity index (χ3n) is 2.62. The lowest BCUT2D eigenvalue weighted by molar-refractivity contribution is 0.869. The quantitative estimate of drug-likeness (QED) is 0.843. The van der Waals surface area contributed by atoms with E-state index in [0.717, 1.165) is 11.5 Å². The molecule has 3 nitrogen and oxygen atoms in total. The fraction of sp³-hybridized carbons (Fsp3) is 0.214. The molecule has 3 N–H and O–H groups in total. The van der Waals surface area contributed by atoms with E-state index in [1.165, 1.54) is 5.56 Å². The molecule has 0 saturated carbocycles. The molecular formula is C14H17N3. The van der Waals surface area contributed by atoms with E-state index in [9.17, 15) is 0 Å². The Labute approximate surface area is 102 Å². The number of hydrogen-bond donors (Lipinski definition) is 2. The molecule has 0 aliphatic carbocycles. The zero-order chi connectivity index (χ0) is 12.3. The topological polar surface area (TPSA) is 50.9 Å². The van der Waals surface area contributed by atoms with Crippen molar-refractivity contribution in [2.75, 3.05) is 11.1 Å². The van der Waals surface area contributed by atoms with Gasteiger partial charge in [-0.3, -0.25) is 0 Å².